The minimum atomic E-state index is -1.80. The first-order chi connectivity index (χ1) is 7.88. The van der Waals surface area contributed by atoms with Crippen LogP contribution in [0.1, 0.15) is 18.4 Å². The molecular formula is C14H22O2Si. The molecule has 0 saturated heterocycles. The van der Waals surface area contributed by atoms with Gasteiger partial charge in [-0.25, -0.2) is 0 Å². The molecule has 0 saturated carbocycles. The molecule has 1 aromatic carbocycles. The topological polar surface area (TPSA) is 26.3 Å². The maximum atomic E-state index is 12.5. The Balaban J connectivity index is 3.10. The molecule has 0 N–H and O–H groups in total. The van der Waals surface area contributed by atoms with Crippen LogP contribution in [0.2, 0.25) is 19.6 Å². The molecule has 0 spiro atoms. The van der Waals surface area contributed by atoms with Gasteiger partial charge in [0.15, 0.2) is 0 Å². The summed E-state index contributed by atoms with van der Waals surface area (Å²) in [6.07, 6.45) is -0.0726. The summed E-state index contributed by atoms with van der Waals surface area (Å²) >= 11 is 0. The van der Waals surface area contributed by atoms with Crippen molar-refractivity contribution in [2.24, 2.45) is 0 Å². The van der Waals surface area contributed by atoms with Crippen LogP contribution in [-0.4, -0.2) is 26.7 Å². The first kappa shape index (κ1) is 14.1. The minimum absolute atomic E-state index is 0.0726. The summed E-state index contributed by atoms with van der Waals surface area (Å²) in [4.78, 5) is 12.5. The van der Waals surface area contributed by atoms with Crippen molar-refractivity contribution in [3.8, 4) is 0 Å². The van der Waals surface area contributed by atoms with Gasteiger partial charge in [0.05, 0.1) is 12.0 Å². The quantitative estimate of drug-likeness (QED) is 0.750. The molecule has 17 heavy (non-hydrogen) atoms. The van der Waals surface area contributed by atoms with Gasteiger partial charge in [0.1, 0.15) is 13.5 Å². The highest BCUT2D eigenvalue weighted by molar-refractivity contribution is 7.04. The first-order valence-electron chi connectivity index (χ1n) is 6.00. The van der Waals surface area contributed by atoms with Crippen LogP contribution in [0.4, 0.5) is 0 Å². The van der Waals surface area contributed by atoms with Crippen LogP contribution in [-0.2, 0) is 9.53 Å². The Labute approximate surface area is 105 Å². The van der Waals surface area contributed by atoms with Gasteiger partial charge in [0.25, 0.3) is 0 Å². The summed E-state index contributed by atoms with van der Waals surface area (Å²) < 4.78 is 5.38. The zero-order valence-corrected chi connectivity index (χ0v) is 12.4. The largest absolute Gasteiger partial charge is 0.381 e. The highest BCUT2D eigenvalue weighted by atomic mass is 28.3. The molecule has 0 aliphatic heterocycles. The fourth-order valence-electron chi connectivity index (χ4n) is 1.90. The van der Waals surface area contributed by atoms with E-state index in [0.717, 1.165) is 5.56 Å². The number of methoxy groups -OCH3 is 1. The number of benzene rings is 1. The van der Waals surface area contributed by atoms with Crippen LogP contribution >= 0.6 is 0 Å². The molecule has 0 aliphatic carbocycles. The molecule has 0 amide bonds. The summed E-state index contributed by atoms with van der Waals surface area (Å²) in [6, 6.07) is 9.94. The molecule has 0 unspecified atom stereocenters. The molecular weight excluding hydrogens is 228 g/mol. The van der Waals surface area contributed by atoms with Crippen LogP contribution in [0.5, 0.6) is 0 Å². The monoisotopic (exact) mass is 250 g/mol. The molecule has 0 aliphatic rings. The number of carbonyl (C=O) groups excluding carboxylic acids is 1. The summed E-state index contributed by atoms with van der Waals surface area (Å²) in [5, 5.41) is 0.359. The first-order valence-corrected chi connectivity index (χ1v) is 9.50. The van der Waals surface area contributed by atoms with Crippen molar-refractivity contribution < 1.29 is 9.53 Å². The summed E-state index contributed by atoms with van der Waals surface area (Å²) in [6.45, 7) is 8.24. The number of carbonyl (C=O) groups is 1. The van der Waals surface area contributed by atoms with E-state index >= 15 is 0 Å². The highest BCUT2D eigenvalue weighted by Gasteiger charge is 2.35. The van der Waals surface area contributed by atoms with Gasteiger partial charge < -0.3 is 9.53 Å². The van der Waals surface area contributed by atoms with E-state index in [2.05, 4.69) is 19.6 Å². The second-order valence-electron chi connectivity index (χ2n) is 5.44. The second-order valence-corrected chi connectivity index (χ2v) is 10.4. The molecule has 1 aromatic rings. The molecule has 0 heterocycles. The van der Waals surface area contributed by atoms with Gasteiger partial charge in [-0.3, -0.25) is 0 Å². The number of rotatable bonds is 5. The van der Waals surface area contributed by atoms with Crippen molar-refractivity contribution >= 4 is 13.5 Å². The van der Waals surface area contributed by atoms with Crippen molar-refractivity contribution in [2.45, 2.75) is 38.6 Å². The molecule has 0 fully saturated rings. The average Bonchev–Trinajstić information content (AvgIpc) is 2.29. The van der Waals surface area contributed by atoms with Crippen molar-refractivity contribution in [1.29, 1.82) is 0 Å². The van der Waals surface area contributed by atoms with E-state index in [1.54, 1.807) is 7.11 Å². The van der Waals surface area contributed by atoms with Gasteiger partial charge in [0.2, 0.25) is 0 Å². The van der Waals surface area contributed by atoms with Crippen LogP contribution < -0.4 is 0 Å². The number of hydrogen-bond donors (Lipinski definition) is 0. The lowest BCUT2D eigenvalue weighted by molar-refractivity contribution is -0.116. The maximum absolute atomic E-state index is 12.5. The van der Waals surface area contributed by atoms with Crippen molar-refractivity contribution in [3.63, 3.8) is 0 Å². The van der Waals surface area contributed by atoms with Gasteiger partial charge in [-0.15, -0.1) is 0 Å². The lowest BCUT2D eigenvalue weighted by Crippen LogP contribution is -2.41. The van der Waals surface area contributed by atoms with E-state index in [4.69, 9.17) is 4.74 Å². The van der Waals surface area contributed by atoms with E-state index < -0.39 is 8.07 Å². The molecule has 3 heteroatoms. The van der Waals surface area contributed by atoms with Gasteiger partial charge in [0, 0.05) is 7.11 Å². The third-order valence-corrected chi connectivity index (χ3v) is 4.81. The van der Waals surface area contributed by atoms with Gasteiger partial charge in [-0.05, 0) is 12.5 Å². The van der Waals surface area contributed by atoms with Crippen LogP contribution in [0.15, 0.2) is 30.3 Å². The summed E-state index contributed by atoms with van der Waals surface area (Å²) in [7, 11) is -0.140. The van der Waals surface area contributed by atoms with Crippen LogP contribution in [0.25, 0.3) is 0 Å². The molecule has 0 radical (unpaired) electrons. The maximum Gasteiger partial charge on any atom is 0.124 e. The SMILES string of the molecule is CO[C@H](C)[C@@H](C(=O)[Si](C)(C)C)c1ccccc1. The van der Waals surface area contributed by atoms with Crippen LogP contribution in [0.3, 0.4) is 0 Å². The Bertz CT molecular complexity index is 368. The fourth-order valence-corrected chi connectivity index (χ4v) is 3.23. The van der Waals surface area contributed by atoms with Gasteiger partial charge >= 0.3 is 0 Å². The highest BCUT2D eigenvalue weighted by Crippen LogP contribution is 2.26. The van der Waals surface area contributed by atoms with Gasteiger partial charge in [-0.1, -0.05) is 50.0 Å². The summed E-state index contributed by atoms with van der Waals surface area (Å²) in [5.74, 6) is -0.132. The zero-order chi connectivity index (χ0) is 13.1. The van der Waals surface area contributed by atoms with E-state index in [-0.39, 0.29) is 12.0 Å². The van der Waals surface area contributed by atoms with E-state index in [1.165, 1.54) is 0 Å². The summed E-state index contributed by atoms with van der Waals surface area (Å²) in [5.41, 5.74) is 1.06. The Kier molecular flexibility index (Phi) is 4.66. The number of ether oxygens (including phenoxy) is 1. The van der Waals surface area contributed by atoms with E-state index in [9.17, 15) is 4.79 Å². The average molecular weight is 250 g/mol. The third kappa shape index (κ3) is 3.51. The van der Waals surface area contributed by atoms with E-state index in [0.29, 0.717) is 5.41 Å². The fraction of sp³-hybridized carbons (Fsp3) is 0.500. The normalized spacial score (nSPS) is 15.4. The Morgan fingerprint density at radius 1 is 1.18 bits per heavy atom. The third-order valence-electron chi connectivity index (χ3n) is 3.02. The zero-order valence-electron chi connectivity index (χ0n) is 11.4. The molecule has 94 valence electrons. The molecule has 0 bridgehead atoms. The predicted molar refractivity (Wildman–Crippen MR) is 74.0 cm³/mol. The second kappa shape index (κ2) is 5.60. The van der Waals surface area contributed by atoms with Crippen molar-refractivity contribution in [3.05, 3.63) is 35.9 Å². The molecule has 1 rings (SSSR count). The Hall–Kier alpha value is -0.933. The van der Waals surface area contributed by atoms with Gasteiger partial charge in [-0.2, -0.15) is 0 Å². The molecule has 0 aromatic heterocycles. The number of hydrogen-bond acceptors (Lipinski definition) is 2. The standard InChI is InChI=1S/C14H22O2Si/c1-11(16-2)13(14(15)17(3,4)5)12-9-7-6-8-10-12/h6-11,13H,1-5H3/t11-,13-/m1/s1. The lowest BCUT2D eigenvalue weighted by Gasteiger charge is -2.27. The van der Waals surface area contributed by atoms with Crippen LogP contribution in [0, 0.1) is 0 Å². The lowest BCUT2D eigenvalue weighted by atomic mass is 9.95. The Morgan fingerprint density at radius 2 is 1.71 bits per heavy atom. The predicted octanol–water partition coefficient (Wildman–Crippen LogP) is 3.25. The van der Waals surface area contributed by atoms with Crippen molar-refractivity contribution in [1.82, 2.24) is 0 Å². The Morgan fingerprint density at radius 3 is 2.12 bits per heavy atom. The van der Waals surface area contributed by atoms with Crippen molar-refractivity contribution in [2.75, 3.05) is 7.11 Å². The molecule has 2 atom stereocenters. The molecule has 2 nitrogen and oxygen atoms in total. The smallest absolute Gasteiger partial charge is 0.124 e. The van der Waals surface area contributed by atoms with E-state index in [1.807, 2.05) is 37.3 Å². The minimum Gasteiger partial charge on any atom is -0.381 e.